The first-order valence-corrected chi connectivity index (χ1v) is 10.7. The summed E-state index contributed by atoms with van der Waals surface area (Å²) in [6, 6.07) is 8.78. The molecule has 1 fully saturated rings. The fourth-order valence-electron chi connectivity index (χ4n) is 3.00. The molecule has 0 spiro atoms. The van der Waals surface area contributed by atoms with Crippen molar-refractivity contribution >= 4 is 40.1 Å². The molecule has 0 bridgehead atoms. The van der Waals surface area contributed by atoms with Crippen molar-refractivity contribution in [2.45, 2.75) is 26.4 Å². The molecule has 1 heterocycles. The summed E-state index contributed by atoms with van der Waals surface area (Å²) in [7, 11) is 0. The third-order valence-electron chi connectivity index (χ3n) is 4.46. The van der Waals surface area contributed by atoms with Crippen molar-refractivity contribution in [1.82, 2.24) is 4.90 Å². The maximum absolute atomic E-state index is 14.2. The van der Waals surface area contributed by atoms with Crippen LogP contribution in [0.4, 0.5) is 25.0 Å². The van der Waals surface area contributed by atoms with Crippen molar-refractivity contribution in [3.63, 3.8) is 0 Å². The smallest absolute Gasteiger partial charge is 0.410 e. The van der Waals surface area contributed by atoms with Gasteiger partial charge in [-0.05, 0) is 67.6 Å². The zero-order chi connectivity index (χ0) is 22.8. The van der Waals surface area contributed by atoms with E-state index < -0.39 is 23.3 Å². The molecule has 6 nitrogen and oxygen atoms in total. The number of nitrogens with zero attached hydrogens (tertiary/aromatic N) is 2. The lowest BCUT2D eigenvalue weighted by molar-refractivity contribution is -0.00783. The van der Waals surface area contributed by atoms with Gasteiger partial charge in [-0.2, -0.15) is 5.26 Å². The number of likely N-dealkylation sites (tertiary alicyclic amines) is 1. The van der Waals surface area contributed by atoms with Crippen LogP contribution in [0.2, 0.25) is 0 Å². The summed E-state index contributed by atoms with van der Waals surface area (Å²) in [6.07, 6.45) is -0.391. The second-order valence-electron chi connectivity index (χ2n) is 8.25. The van der Waals surface area contributed by atoms with Crippen LogP contribution in [-0.2, 0) is 4.74 Å². The highest BCUT2D eigenvalue weighted by molar-refractivity contribution is 14.1. The van der Waals surface area contributed by atoms with Gasteiger partial charge in [-0.1, -0.05) is 0 Å². The van der Waals surface area contributed by atoms with Crippen molar-refractivity contribution < 1.29 is 23.0 Å². The van der Waals surface area contributed by atoms with Crippen molar-refractivity contribution in [2.75, 3.05) is 25.0 Å². The molecule has 0 saturated carbocycles. The van der Waals surface area contributed by atoms with E-state index in [4.69, 9.17) is 9.47 Å². The molecule has 0 atom stereocenters. The molecule has 2 aromatic rings. The summed E-state index contributed by atoms with van der Waals surface area (Å²) in [5, 5.41) is 12.4. The number of hydrogen-bond donors (Lipinski definition) is 1. The maximum atomic E-state index is 14.2. The lowest BCUT2D eigenvalue weighted by Crippen LogP contribution is -2.53. The van der Waals surface area contributed by atoms with E-state index in [2.05, 4.69) is 5.32 Å². The third kappa shape index (κ3) is 5.97. The quantitative estimate of drug-likeness (QED) is 0.512. The van der Waals surface area contributed by atoms with Crippen molar-refractivity contribution in [1.29, 1.82) is 5.26 Å². The monoisotopic (exact) mass is 541 g/mol. The molecule has 31 heavy (non-hydrogen) atoms. The van der Waals surface area contributed by atoms with Crippen LogP contribution in [-0.4, -0.2) is 36.3 Å². The highest BCUT2D eigenvalue weighted by Crippen LogP contribution is 2.32. The highest BCUT2D eigenvalue weighted by atomic mass is 127. The van der Waals surface area contributed by atoms with Crippen LogP contribution in [0, 0.1) is 32.5 Å². The summed E-state index contributed by atoms with van der Waals surface area (Å²) in [6.45, 7) is 6.50. The van der Waals surface area contributed by atoms with E-state index >= 15 is 0 Å². The van der Waals surface area contributed by atoms with E-state index in [9.17, 15) is 18.8 Å². The van der Waals surface area contributed by atoms with Crippen LogP contribution < -0.4 is 10.1 Å². The minimum Gasteiger partial charge on any atom is -0.492 e. The van der Waals surface area contributed by atoms with Gasteiger partial charge >= 0.3 is 6.09 Å². The Bertz CT molecular complexity index is 1030. The molecular formula is C22H22F2IN3O3. The van der Waals surface area contributed by atoms with Gasteiger partial charge in [0.1, 0.15) is 34.6 Å². The van der Waals surface area contributed by atoms with Crippen LogP contribution in [0.5, 0.6) is 5.75 Å². The van der Waals surface area contributed by atoms with Crippen LogP contribution in [0.25, 0.3) is 0 Å². The predicted molar refractivity (Wildman–Crippen MR) is 120 cm³/mol. The van der Waals surface area contributed by atoms with E-state index in [1.54, 1.807) is 31.7 Å². The van der Waals surface area contributed by atoms with Gasteiger partial charge in [0.2, 0.25) is 0 Å². The molecule has 0 aromatic heterocycles. The Balaban J connectivity index is 1.66. The van der Waals surface area contributed by atoms with Gasteiger partial charge in [-0.25, -0.2) is 13.6 Å². The van der Waals surface area contributed by atoms with Crippen LogP contribution in [0.1, 0.15) is 26.3 Å². The largest absolute Gasteiger partial charge is 0.492 e. The lowest BCUT2D eigenvalue weighted by atomic mass is 10.0. The number of rotatable bonds is 5. The summed E-state index contributed by atoms with van der Waals surface area (Å²) >= 11 is 1.98. The molecule has 1 saturated heterocycles. The number of hydrogen-bond acceptors (Lipinski definition) is 5. The average Bonchev–Trinajstić information content (AvgIpc) is 2.61. The Morgan fingerprint density at radius 2 is 1.97 bits per heavy atom. The van der Waals surface area contributed by atoms with Gasteiger partial charge in [-0.15, -0.1) is 0 Å². The summed E-state index contributed by atoms with van der Waals surface area (Å²) in [5.41, 5.74) is -0.258. The number of carbonyl (C=O) groups is 1. The molecule has 2 aromatic carbocycles. The molecule has 1 aliphatic heterocycles. The fourth-order valence-corrected chi connectivity index (χ4v) is 3.46. The molecule has 9 heteroatoms. The molecule has 0 aliphatic carbocycles. The van der Waals surface area contributed by atoms with E-state index in [0.717, 1.165) is 12.1 Å². The van der Waals surface area contributed by atoms with E-state index in [1.807, 2.05) is 28.7 Å². The molecule has 3 rings (SSSR count). The van der Waals surface area contributed by atoms with Gasteiger partial charge in [-0.3, -0.25) is 0 Å². The van der Waals surface area contributed by atoms with Gasteiger partial charge in [0.25, 0.3) is 0 Å². The summed E-state index contributed by atoms with van der Waals surface area (Å²) in [5.74, 6) is -1.04. The topological polar surface area (TPSA) is 74.6 Å². The number of halogens is 3. The molecule has 1 N–H and O–H groups in total. The Kier molecular flexibility index (Phi) is 6.89. The summed E-state index contributed by atoms with van der Waals surface area (Å²) in [4.78, 5) is 13.6. The Labute approximate surface area is 193 Å². The standard InChI is InChI=1S/C22H22F2IN3O3/c1-22(2,3)31-21(29)28-10-13(11-28)12-30-20-7-14(23)6-19(16(20)9-26)27-18-5-4-15(25)8-17(18)24/h4-8,13,27H,10-12H2,1-3H3. The molecule has 1 aliphatic rings. The maximum Gasteiger partial charge on any atom is 0.410 e. The first-order valence-electron chi connectivity index (χ1n) is 9.62. The minimum atomic E-state index is -0.619. The fraction of sp³-hybridized carbons (Fsp3) is 0.364. The number of nitriles is 1. The molecule has 164 valence electrons. The van der Waals surface area contributed by atoms with Gasteiger partial charge in [0.15, 0.2) is 0 Å². The second kappa shape index (κ2) is 9.26. The Morgan fingerprint density at radius 1 is 1.26 bits per heavy atom. The molecule has 0 radical (unpaired) electrons. The average molecular weight is 541 g/mol. The van der Waals surface area contributed by atoms with E-state index in [-0.39, 0.29) is 35.2 Å². The first kappa shape index (κ1) is 23.1. The van der Waals surface area contributed by atoms with Gasteiger partial charge < -0.3 is 19.7 Å². The Hall–Kier alpha value is -2.61. The number of carbonyl (C=O) groups excluding carboxylic acids is 1. The zero-order valence-electron chi connectivity index (χ0n) is 17.3. The van der Waals surface area contributed by atoms with Crippen molar-refractivity contribution in [2.24, 2.45) is 5.92 Å². The van der Waals surface area contributed by atoms with Gasteiger partial charge in [0.05, 0.1) is 18.0 Å². The van der Waals surface area contributed by atoms with Crippen LogP contribution >= 0.6 is 22.6 Å². The Morgan fingerprint density at radius 3 is 2.58 bits per heavy atom. The second-order valence-corrected chi connectivity index (χ2v) is 9.50. The molecular weight excluding hydrogens is 519 g/mol. The zero-order valence-corrected chi connectivity index (χ0v) is 19.5. The number of benzene rings is 2. The molecule has 0 unspecified atom stereocenters. The lowest BCUT2D eigenvalue weighted by Gasteiger charge is -2.39. The minimum absolute atomic E-state index is 0.0346. The SMILES string of the molecule is CC(C)(C)OC(=O)N1CC(COc2cc(F)cc(Nc3ccc(I)cc3F)c2C#N)C1. The normalized spacial score (nSPS) is 13.9. The van der Waals surface area contributed by atoms with Crippen LogP contribution in [0.3, 0.4) is 0 Å². The molecule has 1 amide bonds. The summed E-state index contributed by atoms with van der Waals surface area (Å²) < 4.78 is 40.0. The number of anilines is 2. The highest BCUT2D eigenvalue weighted by Gasteiger charge is 2.34. The van der Waals surface area contributed by atoms with Crippen molar-refractivity contribution in [3.8, 4) is 11.8 Å². The van der Waals surface area contributed by atoms with E-state index in [1.165, 1.54) is 12.1 Å². The number of ether oxygens (including phenoxy) is 2. The first-order chi connectivity index (χ1) is 14.6. The predicted octanol–water partition coefficient (Wildman–Crippen LogP) is 5.43. The number of nitrogens with one attached hydrogen (secondary N) is 1. The van der Waals surface area contributed by atoms with Crippen LogP contribution in [0.15, 0.2) is 30.3 Å². The third-order valence-corrected chi connectivity index (χ3v) is 5.13. The number of amides is 1. The van der Waals surface area contributed by atoms with Gasteiger partial charge in [0, 0.05) is 28.6 Å². The van der Waals surface area contributed by atoms with E-state index in [0.29, 0.717) is 16.7 Å². The van der Waals surface area contributed by atoms with Crippen molar-refractivity contribution in [3.05, 3.63) is 51.1 Å².